The largest absolute Gasteiger partial charge is 0.381 e. The van der Waals surface area contributed by atoms with Gasteiger partial charge in [0.2, 0.25) is 0 Å². The Balaban J connectivity index is 1.91. The molecule has 0 aromatic carbocycles. The zero-order valence-corrected chi connectivity index (χ0v) is 12.1. The highest BCUT2D eigenvalue weighted by molar-refractivity contribution is 7.84. The first-order valence-electron chi connectivity index (χ1n) is 6.79. The molecule has 0 aliphatic carbocycles. The topological polar surface area (TPSA) is 38.3 Å². The van der Waals surface area contributed by atoms with E-state index < -0.39 is 10.8 Å². The van der Waals surface area contributed by atoms with E-state index in [2.05, 4.69) is 12.2 Å². The van der Waals surface area contributed by atoms with Crippen LogP contribution in [0.5, 0.6) is 0 Å². The first-order valence-corrected chi connectivity index (χ1v) is 8.52. The van der Waals surface area contributed by atoms with E-state index in [1.165, 1.54) is 32.1 Å². The Labute approximate surface area is 108 Å². The molecule has 0 aromatic rings. The number of ether oxygens (including phenoxy) is 1. The molecule has 0 radical (unpaired) electrons. The number of rotatable bonds is 8. The molecular weight excluding hydrogens is 234 g/mol. The Hall–Kier alpha value is 0.0700. The molecule has 0 saturated carbocycles. The minimum atomic E-state index is -0.683. The highest BCUT2D eigenvalue weighted by atomic mass is 32.2. The Kier molecular flexibility index (Phi) is 8.06. The summed E-state index contributed by atoms with van der Waals surface area (Å²) in [5.74, 6) is 1.66. The first kappa shape index (κ1) is 15.1. The van der Waals surface area contributed by atoms with Crippen molar-refractivity contribution in [2.75, 3.05) is 31.8 Å². The maximum absolute atomic E-state index is 11.0. The highest BCUT2D eigenvalue weighted by Gasteiger charge is 2.12. The molecule has 1 heterocycles. The molecule has 4 heteroatoms. The smallest absolute Gasteiger partial charge is 0.0468 e. The van der Waals surface area contributed by atoms with E-state index >= 15 is 0 Å². The van der Waals surface area contributed by atoms with Crippen molar-refractivity contribution in [3.8, 4) is 0 Å². The second kappa shape index (κ2) is 9.06. The number of unbranched alkanes of at least 4 members (excludes halogenated alkanes) is 1. The maximum atomic E-state index is 11.0. The van der Waals surface area contributed by atoms with Crippen LogP contribution in [-0.4, -0.2) is 42.0 Å². The van der Waals surface area contributed by atoms with Crippen molar-refractivity contribution in [2.45, 2.75) is 45.1 Å². The van der Waals surface area contributed by atoms with Crippen LogP contribution >= 0.6 is 0 Å². The second-order valence-electron chi connectivity index (χ2n) is 5.15. The van der Waals surface area contributed by atoms with Crippen molar-refractivity contribution in [2.24, 2.45) is 5.92 Å². The second-order valence-corrected chi connectivity index (χ2v) is 6.63. The van der Waals surface area contributed by atoms with Crippen LogP contribution in [0.2, 0.25) is 0 Å². The van der Waals surface area contributed by atoms with Gasteiger partial charge in [-0.25, -0.2) is 0 Å². The standard InChI is InChI=1S/C13H27NO2S/c1-12(11-17(2)15)14-8-4-3-5-13-6-9-16-10-7-13/h12-14H,3-11H2,1-2H3. The van der Waals surface area contributed by atoms with Crippen molar-refractivity contribution < 1.29 is 8.95 Å². The fraction of sp³-hybridized carbons (Fsp3) is 1.00. The van der Waals surface area contributed by atoms with Gasteiger partial charge in [0.15, 0.2) is 0 Å². The van der Waals surface area contributed by atoms with Crippen LogP contribution < -0.4 is 5.32 Å². The summed E-state index contributed by atoms with van der Waals surface area (Å²) in [6.45, 7) is 5.09. The molecule has 3 nitrogen and oxygen atoms in total. The molecule has 1 aliphatic rings. The van der Waals surface area contributed by atoms with Gasteiger partial charge in [-0.15, -0.1) is 0 Å². The van der Waals surface area contributed by atoms with E-state index in [0.717, 1.165) is 31.4 Å². The van der Waals surface area contributed by atoms with Gasteiger partial charge in [-0.2, -0.15) is 0 Å². The molecule has 0 amide bonds. The Morgan fingerprint density at radius 3 is 2.71 bits per heavy atom. The van der Waals surface area contributed by atoms with Crippen LogP contribution in [0.25, 0.3) is 0 Å². The molecule has 1 fully saturated rings. The third-order valence-corrected chi connectivity index (χ3v) is 4.33. The fourth-order valence-electron chi connectivity index (χ4n) is 2.35. The molecule has 1 saturated heterocycles. The van der Waals surface area contributed by atoms with Crippen molar-refractivity contribution >= 4 is 10.8 Å². The molecule has 1 aliphatic heterocycles. The molecule has 17 heavy (non-hydrogen) atoms. The molecule has 0 spiro atoms. The van der Waals surface area contributed by atoms with Crippen LogP contribution in [0.15, 0.2) is 0 Å². The predicted molar refractivity (Wildman–Crippen MR) is 73.8 cm³/mol. The quantitative estimate of drug-likeness (QED) is 0.679. The third-order valence-electron chi connectivity index (χ3n) is 3.36. The van der Waals surface area contributed by atoms with Gasteiger partial charge < -0.3 is 10.1 Å². The summed E-state index contributed by atoms with van der Waals surface area (Å²) in [7, 11) is -0.683. The summed E-state index contributed by atoms with van der Waals surface area (Å²) in [4.78, 5) is 0. The lowest BCUT2D eigenvalue weighted by atomic mass is 9.94. The molecule has 0 bridgehead atoms. The predicted octanol–water partition coefficient (Wildman–Crippen LogP) is 1.94. The minimum absolute atomic E-state index is 0.379. The van der Waals surface area contributed by atoms with E-state index in [9.17, 15) is 4.21 Å². The average molecular weight is 261 g/mol. The van der Waals surface area contributed by atoms with E-state index in [1.807, 2.05) is 0 Å². The summed E-state index contributed by atoms with van der Waals surface area (Å²) in [6.07, 6.45) is 8.15. The SMILES string of the molecule is CC(CS(C)=O)NCCCCC1CCOCC1. The number of hydrogen-bond donors (Lipinski definition) is 1. The zero-order valence-electron chi connectivity index (χ0n) is 11.2. The normalized spacial score (nSPS) is 21.3. The van der Waals surface area contributed by atoms with Crippen molar-refractivity contribution in [3.63, 3.8) is 0 Å². The summed E-state index contributed by atoms with van der Waals surface area (Å²) in [5.41, 5.74) is 0. The number of hydrogen-bond acceptors (Lipinski definition) is 3. The average Bonchev–Trinajstić information content (AvgIpc) is 2.29. The lowest BCUT2D eigenvalue weighted by Crippen LogP contribution is -2.31. The molecule has 102 valence electrons. The Morgan fingerprint density at radius 1 is 1.35 bits per heavy atom. The van der Waals surface area contributed by atoms with E-state index in [-0.39, 0.29) is 0 Å². The third kappa shape index (κ3) is 7.90. The van der Waals surface area contributed by atoms with Crippen LogP contribution in [0, 0.1) is 5.92 Å². The lowest BCUT2D eigenvalue weighted by Gasteiger charge is -2.21. The van der Waals surface area contributed by atoms with Crippen LogP contribution in [0.4, 0.5) is 0 Å². The van der Waals surface area contributed by atoms with E-state index in [4.69, 9.17) is 4.74 Å². The minimum Gasteiger partial charge on any atom is -0.381 e. The molecule has 2 atom stereocenters. The maximum Gasteiger partial charge on any atom is 0.0468 e. The molecule has 2 unspecified atom stereocenters. The van der Waals surface area contributed by atoms with Crippen molar-refractivity contribution in [1.82, 2.24) is 5.32 Å². The van der Waals surface area contributed by atoms with Gasteiger partial charge in [-0.05, 0) is 38.6 Å². The van der Waals surface area contributed by atoms with Crippen LogP contribution in [-0.2, 0) is 15.5 Å². The first-order chi connectivity index (χ1) is 8.18. The van der Waals surface area contributed by atoms with Crippen molar-refractivity contribution in [3.05, 3.63) is 0 Å². The lowest BCUT2D eigenvalue weighted by molar-refractivity contribution is 0.0631. The van der Waals surface area contributed by atoms with E-state index in [1.54, 1.807) is 6.26 Å². The Bertz CT molecular complexity index is 217. The van der Waals surface area contributed by atoms with Gasteiger partial charge in [0.05, 0.1) is 0 Å². The summed E-state index contributed by atoms with van der Waals surface area (Å²) in [6, 6.07) is 0.379. The Morgan fingerprint density at radius 2 is 2.06 bits per heavy atom. The van der Waals surface area contributed by atoms with Gasteiger partial charge in [0.25, 0.3) is 0 Å². The van der Waals surface area contributed by atoms with Crippen molar-refractivity contribution in [1.29, 1.82) is 0 Å². The fourth-order valence-corrected chi connectivity index (χ4v) is 3.17. The van der Waals surface area contributed by atoms with Crippen LogP contribution in [0.3, 0.4) is 0 Å². The van der Waals surface area contributed by atoms with E-state index in [0.29, 0.717) is 6.04 Å². The molecule has 1 rings (SSSR count). The molecule has 1 N–H and O–H groups in total. The van der Waals surface area contributed by atoms with Gasteiger partial charge in [-0.1, -0.05) is 12.8 Å². The molecular formula is C13H27NO2S. The van der Waals surface area contributed by atoms with Gasteiger partial charge in [0.1, 0.15) is 0 Å². The van der Waals surface area contributed by atoms with Gasteiger partial charge >= 0.3 is 0 Å². The highest BCUT2D eigenvalue weighted by Crippen LogP contribution is 2.20. The summed E-state index contributed by atoms with van der Waals surface area (Å²) < 4.78 is 16.4. The van der Waals surface area contributed by atoms with Gasteiger partial charge in [-0.3, -0.25) is 4.21 Å². The zero-order chi connectivity index (χ0) is 12.5. The summed E-state index contributed by atoms with van der Waals surface area (Å²) >= 11 is 0. The van der Waals surface area contributed by atoms with Crippen LogP contribution in [0.1, 0.15) is 39.0 Å². The molecule has 0 aromatic heterocycles. The monoisotopic (exact) mass is 261 g/mol. The van der Waals surface area contributed by atoms with Gasteiger partial charge in [0, 0.05) is 42.1 Å². The summed E-state index contributed by atoms with van der Waals surface area (Å²) in [5, 5.41) is 3.43. The number of nitrogens with one attached hydrogen (secondary N) is 1.